The van der Waals surface area contributed by atoms with Crippen molar-refractivity contribution in [3.63, 3.8) is 0 Å². The van der Waals surface area contributed by atoms with Gasteiger partial charge in [0, 0.05) is 57.9 Å². The van der Waals surface area contributed by atoms with E-state index in [0.717, 1.165) is 0 Å². The minimum atomic E-state index is -1.20. The van der Waals surface area contributed by atoms with Crippen molar-refractivity contribution < 1.29 is 33.3 Å². The first-order chi connectivity index (χ1) is 20.4. The molecule has 0 radical (unpaired) electrons. The normalized spacial score (nSPS) is 11.0. The topological polar surface area (TPSA) is 206 Å². The van der Waals surface area contributed by atoms with E-state index in [1.165, 1.54) is 6.07 Å². The van der Waals surface area contributed by atoms with Gasteiger partial charge in [-0.05, 0) is 47.5 Å². The van der Waals surface area contributed by atoms with Gasteiger partial charge in [-0.1, -0.05) is 11.2 Å². The number of carboxylic acid groups (broad SMARTS) is 1. The van der Waals surface area contributed by atoms with E-state index in [4.69, 9.17) is 35.3 Å². The number of hydrogen-bond acceptors (Lipinski definition) is 9. The molecule has 1 amide bonds. The third kappa shape index (κ3) is 7.62. The van der Waals surface area contributed by atoms with Crippen LogP contribution < -0.4 is 16.4 Å². The van der Waals surface area contributed by atoms with E-state index in [2.05, 4.69) is 15.3 Å². The summed E-state index contributed by atoms with van der Waals surface area (Å²) in [6, 6.07) is 14.5. The van der Waals surface area contributed by atoms with E-state index in [9.17, 15) is 14.7 Å². The first kappa shape index (κ1) is 30.0. The van der Waals surface area contributed by atoms with E-state index in [0.29, 0.717) is 72.1 Å². The van der Waals surface area contributed by atoms with Crippen LogP contribution in [0.5, 0.6) is 0 Å². The lowest BCUT2D eigenvalue weighted by Crippen LogP contribution is -2.28. The van der Waals surface area contributed by atoms with Gasteiger partial charge in [-0.3, -0.25) is 4.79 Å². The number of hydrogen-bond donors (Lipinski definition) is 4. The predicted octanol–water partition coefficient (Wildman–Crippen LogP) is 4.05. The van der Waals surface area contributed by atoms with Crippen LogP contribution in [0, 0.1) is 5.41 Å². The molecule has 0 saturated heterocycles. The summed E-state index contributed by atoms with van der Waals surface area (Å²) in [5.74, 6) is -1.22. The van der Waals surface area contributed by atoms with Crippen LogP contribution in [0.3, 0.4) is 0 Å². The molecule has 13 heteroatoms. The van der Waals surface area contributed by atoms with Crippen molar-refractivity contribution in [3.8, 4) is 22.5 Å². The third-order valence-corrected chi connectivity index (χ3v) is 6.20. The van der Waals surface area contributed by atoms with E-state index >= 15 is 0 Å². The van der Waals surface area contributed by atoms with Crippen molar-refractivity contribution in [3.05, 3.63) is 81.5 Å². The Morgan fingerprint density at radius 3 is 2.40 bits per heavy atom. The molecule has 0 saturated carbocycles. The number of nitrogens with zero attached hydrogens (tertiary/aromatic N) is 3. The Kier molecular flexibility index (Phi) is 10.5. The van der Waals surface area contributed by atoms with Crippen molar-refractivity contribution in [1.29, 1.82) is 5.41 Å². The van der Waals surface area contributed by atoms with E-state index in [1.807, 2.05) is 0 Å². The zero-order valence-corrected chi connectivity index (χ0v) is 22.7. The minimum Gasteiger partial charge on any atom is -0.478 e. The van der Waals surface area contributed by atoms with Crippen molar-refractivity contribution in [1.82, 2.24) is 5.32 Å². The maximum absolute atomic E-state index is 12.8. The van der Waals surface area contributed by atoms with Gasteiger partial charge in [-0.25, -0.2) is 4.79 Å². The smallest absolute Gasteiger partial charge is 0.336 e. The number of carbonyl (C=O) groups excluding carboxylic acids is 1. The molecule has 4 rings (SSSR count). The second kappa shape index (κ2) is 14.6. The van der Waals surface area contributed by atoms with Gasteiger partial charge >= 0.3 is 5.97 Å². The number of nitrogen functional groups attached to an aromatic ring is 1. The van der Waals surface area contributed by atoms with Crippen LogP contribution in [0.2, 0.25) is 0 Å². The number of carbonyl (C=O) groups is 2. The van der Waals surface area contributed by atoms with Gasteiger partial charge in [0.2, 0.25) is 0 Å². The van der Waals surface area contributed by atoms with Crippen molar-refractivity contribution >= 4 is 28.5 Å². The van der Waals surface area contributed by atoms with Gasteiger partial charge < -0.3 is 40.2 Å². The summed E-state index contributed by atoms with van der Waals surface area (Å²) in [7, 11) is 0. The molecule has 0 aromatic heterocycles. The van der Waals surface area contributed by atoms with Crippen LogP contribution in [0.25, 0.3) is 43.9 Å². The number of aromatic carboxylic acids is 1. The Labute approximate surface area is 240 Å². The van der Waals surface area contributed by atoms with Crippen LogP contribution in [0.1, 0.15) is 20.7 Å². The highest BCUT2D eigenvalue weighted by atomic mass is 16.5. The molecule has 1 aliphatic heterocycles. The number of amides is 1. The van der Waals surface area contributed by atoms with Gasteiger partial charge in [0.05, 0.1) is 50.6 Å². The summed E-state index contributed by atoms with van der Waals surface area (Å²) < 4.78 is 22.0. The molecule has 2 aliphatic rings. The SMILES string of the molecule is [N-]=[N+]=NCCOCCOCCOCCNC(=O)c1ccc(-c2c3ccc(=N)cc-3oc3cc(N)ccc23)c(C(=O)O)c1. The third-order valence-electron chi connectivity index (χ3n) is 6.20. The number of fused-ring (bicyclic) bond motifs is 2. The summed E-state index contributed by atoms with van der Waals surface area (Å²) in [5, 5.41) is 25.1. The van der Waals surface area contributed by atoms with Crippen LogP contribution in [-0.2, 0) is 14.2 Å². The van der Waals surface area contributed by atoms with Crippen molar-refractivity contribution in [2.24, 2.45) is 5.11 Å². The first-order valence-corrected chi connectivity index (χ1v) is 13.1. The molecular formula is C29H30N6O7. The number of nitrogens with one attached hydrogen (secondary N) is 2. The number of nitrogens with two attached hydrogens (primary N) is 1. The molecule has 2 aromatic rings. The van der Waals surface area contributed by atoms with E-state index in [-0.39, 0.29) is 36.2 Å². The lowest BCUT2D eigenvalue weighted by molar-refractivity contribution is 0.0166. The average Bonchev–Trinajstić information content (AvgIpc) is 2.97. The number of carboxylic acids is 1. The maximum atomic E-state index is 12.8. The van der Waals surface area contributed by atoms with E-state index in [1.54, 1.807) is 48.5 Å². The molecule has 2 aromatic carbocycles. The largest absolute Gasteiger partial charge is 0.478 e. The van der Waals surface area contributed by atoms with Crippen LogP contribution in [-0.4, -0.2) is 69.7 Å². The first-order valence-electron chi connectivity index (χ1n) is 13.1. The number of ether oxygens (including phenoxy) is 3. The van der Waals surface area contributed by atoms with Crippen molar-refractivity contribution in [2.45, 2.75) is 0 Å². The molecule has 42 heavy (non-hydrogen) atoms. The quantitative estimate of drug-likeness (QED) is 0.0406. The van der Waals surface area contributed by atoms with Gasteiger partial charge in [-0.2, -0.15) is 0 Å². The van der Waals surface area contributed by atoms with Crippen LogP contribution in [0.15, 0.2) is 64.1 Å². The lowest BCUT2D eigenvalue weighted by atomic mass is 9.89. The summed E-state index contributed by atoms with van der Waals surface area (Å²) in [4.78, 5) is 27.8. The van der Waals surface area contributed by atoms with E-state index < -0.39 is 11.9 Å². The highest BCUT2D eigenvalue weighted by molar-refractivity contribution is 6.09. The van der Waals surface area contributed by atoms with Crippen molar-refractivity contribution in [2.75, 3.05) is 58.5 Å². The van der Waals surface area contributed by atoms with Gasteiger partial charge in [0.15, 0.2) is 0 Å². The molecule has 1 aliphatic carbocycles. The Morgan fingerprint density at radius 1 is 0.952 bits per heavy atom. The second-order valence-electron chi connectivity index (χ2n) is 9.06. The lowest BCUT2D eigenvalue weighted by Gasteiger charge is -2.17. The number of anilines is 1. The predicted molar refractivity (Wildman–Crippen MR) is 154 cm³/mol. The van der Waals surface area contributed by atoms with Crippen LogP contribution >= 0.6 is 0 Å². The maximum Gasteiger partial charge on any atom is 0.336 e. The number of rotatable bonds is 15. The fraction of sp³-hybridized carbons (Fsp3) is 0.276. The Hall–Kier alpha value is -4.94. The molecule has 0 atom stereocenters. The number of benzene rings is 3. The van der Waals surface area contributed by atoms with Gasteiger partial charge in [-0.15, -0.1) is 0 Å². The summed E-state index contributed by atoms with van der Waals surface area (Å²) in [6.07, 6.45) is 0. The highest BCUT2D eigenvalue weighted by Crippen LogP contribution is 2.41. The summed E-state index contributed by atoms with van der Waals surface area (Å²) in [6.45, 7) is 2.50. The molecule has 1 heterocycles. The summed E-state index contributed by atoms with van der Waals surface area (Å²) >= 11 is 0. The molecule has 218 valence electrons. The molecule has 5 N–H and O–H groups in total. The molecule has 0 bridgehead atoms. The molecule has 0 spiro atoms. The minimum absolute atomic E-state index is 0.0570. The monoisotopic (exact) mass is 574 g/mol. The molecule has 13 nitrogen and oxygen atoms in total. The average molecular weight is 575 g/mol. The fourth-order valence-corrected chi connectivity index (χ4v) is 4.31. The fourth-order valence-electron chi connectivity index (χ4n) is 4.31. The molecule has 0 unspecified atom stereocenters. The zero-order chi connectivity index (χ0) is 29.9. The highest BCUT2D eigenvalue weighted by Gasteiger charge is 2.22. The Balaban J connectivity index is 1.40. The second-order valence-corrected chi connectivity index (χ2v) is 9.06. The Morgan fingerprint density at radius 2 is 1.67 bits per heavy atom. The Bertz CT molecular complexity index is 1650. The van der Waals surface area contributed by atoms with Gasteiger partial charge in [0.25, 0.3) is 5.91 Å². The van der Waals surface area contributed by atoms with Gasteiger partial charge in [0.1, 0.15) is 11.3 Å². The zero-order valence-electron chi connectivity index (χ0n) is 22.7. The molecule has 0 fully saturated rings. The molecular weight excluding hydrogens is 544 g/mol. The van der Waals surface area contributed by atoms with Crippen LogP contribution in [0.4, 0.5) is 5.69 Å². The summed E-state index contributed by atoms with van der Waals surface area (Å²) in [5.41, 5.74) is 16.8. The number of azide groups is 1. The standard InChI is InChI=1S/C29H30N6O7/c30-19-2-5-22-25(16-19)42-26-17-20(31)3-6-23(26)27(22)21-4-1-18(15-24(21)29(37)38)28(36)33-7-9-39-11-13-41-14-12-40-10-8-34-35-32/h1-6,15-17,30H,7-14,31H2,(H,33,36)(H,37,38).